The van der Waals surface area contributed by atoms with Gasteiger partial charge in [0.1, 0.15) is 6.10 Å². The van der Waals surface area contributed by atoms with Crippen LogP contribution >= 0.6 is 0 Å². The molecule has 2 aromatic rings. The third-order valence-electron chi connectivity index (χ3n) is 5.08. The molecule has 2 fully saturated rings. The Morgan fingerprint density at radius 1 is 1.04 bits per heavy atom. The Balaban J connectivity index is 1.48. The summed E-state index contributed by atoms with van der Waals surface area (Å²) in [4.78, 5) is 20.8. The molecule has 0 unspecified atom stereocenters. The van der Waals surface area contributed by atoms with E-state index in [9.17, 15) is 9.90 Å². The molecule has 3 atom stereocenters. The molecule has 1 aromatic heterocycles. The molecule has 0 saturated carbocycles. The average Bonchev–Trinajstić information content (AvgIpc) is 3.11. The summed E-state index contributed by atoms with van der Waals surface area (Å²) in [6, 6.07) is 14.1. The Labute approximate surface area is 141 Å². The maximum atomic E-state index is 12.4. The molecule has 0 bridgehead atoms. The number of carbonyl (C=O) groups is 1. The van der Waals surface area contributed by atoms with E-state index in [0.29, 0.717) is 6.54 Å². The van der Waals surface area contributed by atoms with Gasteiger partial charge in [-0.15, -0.1) is 0 Å². The number of likely N-dealkylation sites (tertiary alicyclic amines) is 2. The Morgan fingerprint density at radius 2 is 1.83 bits per heavy atom. The lowest BCUT2D eigenvalue weighted by Crippen LogP contribution is -2.38. The second-order valence-corrected chi connectivity index (χ2v) is 6.68. The van der Waals surface area contributed by atoms with E-state index in [0.717, 1.165) is 30.8 Å². The number of aromatic nitrogens is 1. The van der Waals surface area contributed by atoms with Crippen molar-refractivity contribution in [2.45, 2.75) is 25.2 Å². The summed E-state index contributed by atoms with van der Waals surface area (Å²) in [7, 11) is 0. The summed E-state index contributed by atoms with van der Waals surface area (Å²) in [5, 5.41) is 10.4. The molecule has 2 aliphatic heterocycles. The number of pyridine rings is 1. The summed E-state index contributed by atoms with van der Waals surface area (Å²) in [5.41, 5.74) is 2.26. The molecule has 5 heteroatoms. The van der Waals surface area contributed by atoms with E-state index in [1.807, 2.05) is 47.5 Å². The maximum Gasteiger partial charge on any atom is 0.252 e. The van der Waals surface area contributed by atoms with E-state index in [2.05, 4.69) is 16.0 Å². The van der Waals surface area contributed by atoms with Crippen LogP contribution in [-0.2, 0) is 17.9 Å². The van der Waals surface area contributed by atoms with Crippen LogP contribution in [0.25, 0.3) is 0 Å². The van der Waals surface area contributed by atoms with Crippen LogP contribution in [0.1, 0.15) is 11.1 Å². The van der Waals surface area contributed by atoms with Gasteiger partial charge < -0.3 is 10.0 Å². The van der Waals surface area contributed by atoms with Crippen molar-refractivity contribution in [2.24, 2.45) is 5.92 Å². The van der Waals surface area contributed by atoms with Gasteiger partial charge in [-0.1, -0.05) is 36.4 Å². The molecule has 0 radical (unpaired) electrons. The smallest absolute Gasteiger partial charge is 0.252 e. The van der Waals surface area contributed by atoms with E-state index < -0.39 is 6.10 Å². The molecule has 2 saturated heterocycles. The number of hydrogen-bond donors (Lipinski definition) is 1. The van der Waals surface area contributed by atoms with Crippen molar-refractivity contribution >= 4 is 5.91 Å². The van der Waals surface area contributed by atoms with Gasteiger partial charge in [-0.3, -0.25) is 14.7 Å². The van der Waals surface area contributed by atoms with Gasteiger partial charge in [0.15, 0.2) is 0 Å². The highest BCUT2D eigenvalue weighted by molar-refractivity contribution is 5.84. The van der Waals surface area contributed by atoms with Gasteiger partial charge in [0.05, 0.1) is 6.04 Å². The summed E-state index contributed by atoms with van der Waals surface area (Å²) in [6.45, 7) is 2.92. The minimum Gasteiger partial charge on any atom is -0.383 e. The van der Waals surface area contributed by atoms with Crippen molar-refractivity contribution in [3.8, 4) is 0 Å². The molecular weight excluding hydrogens is 302 g/mol. The Kier molecular flexibility index (Phi) is 4.04. The SMILES string of the molecule is O=C1[C@@H](O)[C@H]2CN(Cc3cccnc3)C[C@H]2N1Cc1ccccc1. The van der Waals surface area contributed by atoms with Crippen LogP contribution in [0.3, 0.4) is 0 Å². The highest BCUT2D eigenvalue weighted by Crippen LogP contribution is 2.34. The summed E-state index contributed by atoms with van der Waals surface area (Å²) in [6.07, 6.45) is 2.77. The number of hydrogen-bond acceptors (Lipinski definition) is 4. The number of aliphatic hydroxyl groups excluding tert-OH is 1. The highest BCUT2D eigenvalue weighted by Gasteiger charge is 2.51. The van der Waals surface area contributed by atoms with Crippen molar-refractivity contribution in [3.05, 3.63) is 66.0 Å². The summed E-state index contributed by atoms with van der Waals surface area (Å²) in [5.74, 6) is -0.132. The lowest BCUT2D eigenvalue weighted by atomic mass is 10.0. The molecule has 24 heavy (non-hydrogen) atoms. The Hall–Kier alpha value is -2.24. The third kappa shape index (κ3) is 2.81. The number of carbonyl (C=O) groups excluding carboxylic acids is 1. The number of benzene rings is 1. The van der Waals surface area contributed by atoms with Crippen molar-refractivity contribution < 1.29 is 9.90 Å². The van der Waals surface area contributed by atoms with E-state index in [4.69, 9.17) is 0 Å². The number of aliphatic hydroxyl groups is 1. The van der Waals surface area contributed by atoms with Crippen molar-refractivity contribution in [2.75, 3.05) is 13.1 Å². The Morgan fingerprint density at radius 3 is 2.58 bits per heavy atom. The molecule has 1 N–H and O–H groups in total. The van der Waals surface area contributed by atoms with Crippen molar-refractivity contribution in [3.63, 3.8) is 0 Å². The Bertz CT molecular complexity index is 707. The van der Waals surface area contributed by atoms with Crippen LogP contribution in [0.2, 0.25) is 0 Å². The molecule has 1 aromatic carbocycles. The van der Waals surface area contributed by atoms with Crippen molar-refractivity contribution in [1.29, 1.82) is 0 Å². The standard InChI is InChI=1S/C19H21N3O2/c23-18-16-12-21(10-15-7-4-8-20-9-15)13-17(16)22(19(18)24)11-14-5-2-1-3-6-14/h1-9,16-18,23H,10-13H2/t16-,17+,18-/m0/s1. The third-order valence-corrected chi connectivity index (χ3v) is 5.08. The molecule has 4 rings (SSSR count). The molecule has 0 spiro atoms. The van der Waals surface area contributed by atoms with Gasteiger partial charge in [-0.05, 0) is 17.2 Å². The predicted octanol–water partition coefficient (Wildman–Crippen LogP) is 1.29. The summed E-state index contributed by atoms with van der Waals surface area (Å²) < 4.78 is 0. The van der Waals surface area contributed by atoms with Gasteiger partial charge in [0, 0.05) is 44.5 Å². The quantitative estimate of drug-likeness (QED) is 0.921. The van der Waals surface area contributed by atoms with Gasteiger partial charge >= 0.3 is 0 Å². The molecule has 5 nitrogen and oxygen atoms in total. The first-order valence-electron chi connectivity index (χ1n) is 8.36. The van der Waals surface area contributed by atoms with Crippen LogP contribution < -0.4 is 0 Å². The zero-order chi connectivity index (χ0) is 16.5. The zero-order valence-electron chi connectivity index (χ0n) is 13.5. The lowest BCUT2D eigenvalue weighted by molar-refractivity contribution is -0.136. The van der Waals surface area contributed by atoms with Crippen molar-refractivity contribution in [1.82, 2.24) is 14.8 Å². The largest absolute Gasteiger partial charge is 0.383 e. The van der Waals surface area contributed by atoms with E-state index >= 15 is 0 Å². The number of amides is 1. The molecular formula is C19H21N3O2. The van der Waals surface area contributed by atoms with Crippen LogP contribution in [-0.4, -0.2) is 51.0 Å². The highest BCUT2D eigenvalue weighted by atomic mass is 16.3. The van der Waals surface area contributed by atoms with Crippen LogP contribution in [0.4, 0.5) is 0 Å². The summed E-state index contributed by atoms with van der Waals surface area (Å²) >= 11 is 0. The van der Waals surface area contributed by atoms with Gasteiger partial charge in [0.25, 0.3) is 5.91 Å². The second-order valence-electron chi connectivity index (χ2n) is 6.68. The number of nitrogens with zero attached hydrogens (tertiary/aromatic N) is 3. The van der Waals surface area contributed by atoms with Crippen LogP contribution in [0.15, 0.2) is 54.9 Å². The first-order valence-corrected chi connectivity index (χ1v) is 8.36. The fraction of sp³-hybridized carbons (Fsp3) is 0.368. The number of fused-ring (bicyclic) bond motifs is 1. The fourth-order valence-electron chi connectivity index (χ4n) is 3.90. The van der Waals surface area contributed by atoms with Crippen LogP contribution in [0.5, 0.6) is 0 Å². The van der Waals surface area contributed by atoms with E-state index in [1.54, 1.807) is 6.20 Å². The molecule has 1 amide bonds. The predicted molar refractivity (Wildman–Crippen MR) is 89.8 cm³/mol. The molecule has 3 heterocycles. The minimum atomic E-state index is -0.877. The van der Waals surface area contributed by atoms with E-state index in [-0.39, 0.29) is 17.9 Å². The first kappa shape index (κ1) is 15.3. The average molecular weight is 323 g/mol. The monoisotopic (exact) mass is 323 g/mol. The van der Waals surface area contributed by atoms with Gasteiger partial charge in [0.2, 0.25) is 0 Å². The van der Waals surface area contributed by atoms with Gasteiger partial charge in [-0.2, -0.15) is 0 Å². The lowest BCUT2D eigenvalue weighted by Gasteiger charge is -2.25. The fourth-order valence-corrected chi connectivity index (χ4v) is 3.90. The van der Waals surface area contributed by atoms with E-state index in [1.165, 1.54) is 0 Å². The van der Waals surface area contributed by atoms with Crippen LogP contribution in [0, 0.1) is 5.92 Å². The molecule has 124 valence electrons. The number of rotatable bonds is 4. The normalized spacial score (nSPS) is 26.8. The van der Waals surface area contributed by atoms with Gasteiger partial charge in [-0.25, -0.2) is 0 Å². The second kappa shape index (κ2) is 6.34. The maximum absolute atomic E-state index is 12.4. The first-order chi connectivity index (χ1) is 11.7. The molecule has 0 aliphatic carbocycles. The zero-order valence-corrected chi connectivity index (χ0v) is 13.5. The minimum absolute atomic E-state index is 0.00196. The topological polar surface area (TPSA) is 56.7 Å². The molecule has 2 aliphatic rings.